The second-order valence-electron chi connectivity index (χ2n) is 9.30. The van der Waals surface area contributed by atoms with E-state index in [4.69, 9.17) is 23.7 Å². The summed E-state index contributed by atoms with van der Waals surface area (Å²) in [7, 11) is 6.17. The Morgan fingerprint density at radius 3 is 2.28 bits per heavy atom. The molecule has 1 unspecified atom stereocenters. The Balaban J connectivity index is 1.76. The molecule has 2 aromatic rings. The van der Waals surface area contributed by atoms with Crippen LogP contribution in [0.25, 0.3) is 11.1 Å². The number of amides is 1. The van der Waals surface area contributed by atoms with E-state index in [1.165, 1.54) is 32.4 Å². The zero-order chi connectivity index (χ0) is 25.7. The molecule has 1 atom stereocenters. The molecule has 0 saturated heterocycles. The van der Waals surface area contributed by atoms with Gasteiger partial charge < -0.3 is 29.0 Å². The molecule has 4 rings (SSSR count). The van der Waals surface area contributed by atoms with Gasteiger partial charge in [-0.2, -0.15) is 0 Å². The number of alkyl carbamates (subject to hydrolysis) is 1. The molecule has 2 aliphatic carbocycles. The van der Waals surface area contributed by atoms with Gasteiger partial charge in [-0.15, -0.1) is 0 Å². The van der Waals surface area contributed by atoms with Crippen LogP contribution < -0.4 is 29.7 Å². The van der Waals surface area contributed by atoms with E-state index >= 15 is 0 Å². The summed E-state index contributed by atoms with van der Waals surface area (Å²) >= 11 is 0. The first-order chi connectivity index (χ1) is 17.5. The van der Waals surface area contributed by atoms with E-state index in [9.17, 15) is 9.59 Å². The molecule has 1 fully saturated rings. The number of hydrogen-bond acceptors (Lipinski definition) is 7. The lowest BCUT2D eigenvalue weighted by Gasteiger charge is -2.23. The minimum absolute atomic E-state index is 0.211. The van der Waals surface area contributed by atoms with E-state index in [1.807, 2.05) is 12.1 Å². The molecule has 0 aromatic heterocycles. The third kappa shape index (κ3) is 5.22. The number of fused-ring (bicyclic) bond motifs is 3. The number of aryl methyl sites for hydroxylation is 1. The summed E-state index contributed by atoms with van der Waals surface area (Å²) in [5, 5.41) is 3.02. The molecule has 2 aliphatic rings. The lowest BCUT2D eigenvalue weighted by molar-refractivity contribution is 0.112. The van der Waals surface area contributed by atoms with E-state index in [-0.39, 0.29) is 11.2 Å². The summed E-state index contributed by atoms with van der Waals surface area (Å²) in [6, 6.07) is 6.48. The van der Waals surface area contributed by atoms with Crippen LogP contribution in [-0.2, 0) is 11.2 Å². The number of methoxy groups -OCH3 is 4. The summed E-state index contributed by atoms with van der Waals surface area (Å²) in [5.41, 5.74) is 2.90. The molecule has 8 nitrogen and oxygen atoms in total. The fraction of sp³-hybridized carbons (Fsp3) is 0.500. The highest BCUT2D eigenvalue weighted by Crippen LogP contribution is 2.50. The molecule has 2 aromatic carbocycles. The second kappa shape index (κ2) is 11.5. The zero-order valence-electron chi connectivity index (χ0n) is 21.5. The van der Waals surface area contributed by atoms with Gasteiger partial charge in [-0.25, -0.2) is 4.79 Å². The molecule has 0 aliphatic heterocycles. The van der Waals surface area contributed by atoms with Crippen LogP contribution in [-0.4, -0.2) is 41.1 Å². The lowest BCUT2D eigenvalue weighted by atomic mass is 9.90. The molecular formula is C28H35NO7. The molecular weight excluding hydrogens is 462 g/mol. The van der Waals surface area contributed by atoms with Gasteiger partial charge in [-0.05, 0) is 66.5 Å². The third-order valence-corrected chi connectivity index (χ3v) is 7.19. The van der Waals surface area contributed by atoms with Crippen molar-refractivity contribution in [1.82, 2.24) is 5.32 Å². The number of ether oxygens (including phenoxy) is 5. The van der Waals surface area contributed by atoms with E-state index in [2.05, 4.69) is 5.32 Å². The van der Waals surface area contributed by atoms with Crippen LogP contribution in [0.1, 0.15) is 55.7 Å². The van der Waals surface area contributed by atoms with Gasteiger partial charge in [0.1, 0.15) is 0 Å². The summed E-state index contributed by atoms with van der Waals surface area (Å²) in [5.74, 6) is 2.14. The highest BCUT2D eigenvalue weighted by Gasteiger charge is 2.30. The predicted molar refractivity (Wildman–Crippen MR) is 136 cm³/mol. The summed E-state index contributed by atoms with van der Waals surface area (Å²) < 4.78 is 27.9. The predicted octanol–water partition coefficient (Wildman–Crippen LogP) is 5.04. The zero-order valence-corrected chi connectivity index (χ0v) is 21.5. The standard InChI is InChI=1S/C28H35NO7/c1-32-23-13-11-19-20(15-22(23)30)21(29-28(31)36-16-17-8-6-5-7-9-17)12-10-18-14-24(33-2)26(34-3)27(35-4)25(18)19/h11,13-15,17,21H,5-10,12,16H2,1-4H3,(H,29,31). The van der Waals surface area contributed by atoms with Gasteiger partial charge >= 0.3 is 6.09 Å². The van der Waals surface area contributed by atoms with Gasteiger partial charge in [-0.3, -0.25) is 4.79 Å². The number of hydrogen-bond donors (Lipinski definition) is 1. The fourth-order valence-corrected chi connectivity index (χ4v) is 5.35. The Morgan fingerprint density at radius 1 is 0.889 bits per heavy atom. The number of nitrogens with one attached hydrogen (secondary N) is 1. The smallest absolute Gasteiger partial charge is 0.407 e. The van der Waals surface area contributed by atoms with Crippen molar-refractivity contribution in [3.63, 3.8) is 0 Å². The van der Waals surface area contributed by atoms with Crippen molar-refractivity contribution >= 4 is 6.09 Å². The third-order valence-electron chi connectivity index (χ3n) is 7.19. The maximum Gasteiger partial charge on any atom is 0.407 e. The number of benzene rings is 1. The van der Waals surface area contributed by atoms with Crippen molar-refractivity contribution < 1.29 is 28.5 Å². The first-order valence-corrected chi connectivity index (χ1v) is 12.5. The quantitative estimate of drug-likeness (QED) is 0.573. The van der Waals surface area contributed by atoms with Crippen LogP contribution in [0.4, 0.5) is 4.79 Å². The van der Waals surface area contributed by atoms with Crippen molar-refractivity contribution in [3.05, 3.63) is 45.6 Å². The van der Waals surface area contributed by atoms with E-state index in [0.717, 1.165) is 29.5 Å². The number of rotatable bonds is 7. The topological polar surface area (TPSA) is 92.3 Å². The molecule has 0 heterocycles. The minimum atomic E-state index is -0.476. The Labute approximate surface area is 211 Å². The highest BCUT2D eigenvalue weighted by atomic mass is 16.5. The average Bonchev–Trinajstić information content (AvgIpc) is 3.15. The van der Waals surface area contributed by atoms with Crippen molar-refractivity contribution in [1.29, 1.82) is 0 Å². The largest absolute Gasteiger partial charge is 0.493 e. The Kier molecular flexibility index (Phi) is 8.23. The molecule has 194 valence electrons. The number of carbonyl (C=O) groups excluding carboxylic acids is 1. The van der Waals surface area contributed by atoms with Crippen molar-refractivity contribution in [2.75, 3.05) is 35.0 Å². The maximum absolute atomic E-state index is 12.9. The van der Waals surface area contributed by atoms with Crippen molar-refractivity contribution in [2.45, 2.75) is 51.0 Å². The molecule has 1 N–H and O–H groups in total. The van der Waals surface area contributed by atoms with E-state index in [0.29, 0.717) is 48.2 Å². The Morgan fingerprint density at radius 2 is 1.61 bits per heavy atom. The van der Waals surface area contributed by atoms with Gasteiger partial charge in [0.05, 0.1) is 41.1 Å². The minimum Gasteiger partial charge on any atom is -0.493 e. The average molecular weight is 498 g/mol. The van der Waals surface area contributed by atoms with Gasteiger partial charge in [0.15, 0.2) is 17.2 Å². The van der Waals surface area contributed by atoms with Crippen molar-refractivity contribution in [3.8, 4) is 34.1 Å². The Bertz CT molecular complexity index is 1160. The fourth-order valence-electron chi connectivity index (χ4n) is 5.35. The summed E-state index contributed by atoms with van der Waals surface area (Å²) in [4.78, 5) is 25.8. The molecule has 8 heteroatoms. The van der Waals surface area contributed by atoms with Crippen LogP contribution in [0, 0.1) is 5.92 Å². The van der Waals surface area contributed by atoms with Gasteiger partial charge in [-0.1, -0.05) is 25.3 Å². The van der Waals surface area contributed by atoms with Crippen molar-refractivity contribution in [2.24, 2.45) is 5.92 Å². The van der Waals surface area contributed by atoms with Crippen LogP contribution in [0.15, 0.2) is 29.1 Å². The molecule has 1 saturated carbocycles. The van der Waals surface area contributed by atoms with Crippen LogP contribution >= 0.6 is 0 Å². The lowest BCUT2D eigenvalue weighted by Crippen LogP contribution is -2.31. The normalized spacial score (nSPS) is 17.2. The summed E-state index contributed by atoms with van der Waals surface area (Å²) in [6.07, 6.45) is 6.49. The summed E-state index contributed by atoms with van der Waals surface area (Å²) in [6.45, 7) is 0.414. The van der Waals surface area contributed by atoms with Gasteiger partial charge in [0, 0.05) is 5.56 Å². The van der Waals surface area contributed by atoms with Crippen LogP contribution in [0.5, 0.6) is 23.0 Å². The van der Waals surface area contributed by atoms with Crippen LogP contribution in [0.3, 0.4) is 0 Å². The maximum atomic E-state index is 12.9. The highest BCUT2D eigenvalue weighted by molar-refractivity contribution is 5.83. The van der Waals surface area contributed by atoms with E-state index in [1.54, 1.807) is 27.4 Å². The molecule has 0 radical (unpaired) electrons. The monoisotopic (exact) mass is 497 g/mol. The van der Waals surface area contributed by atoms with E-state index < -0.39 is 12.1 Å². The first kappa shape index (κ1) is 25.7. The molecule has 0 bridgehead atoms. The van der Waals surface area contributed by atoms with Crippen LogP contribution in [0.2, 0.25) is 0 Å². The van der Waals surface area contributed by atoms with Gasteiger partial charge in [0.2, 0.25) is 11.2 Å². The number of carbonyl (C=O) groups is 1. The second-order valence-corrected chi connectivity index (χ2v) is 9.30. The molecule has 0 spiro atoms. The van der Waals surface area contributed by atoms with Gasteiger partial charge in [0.25, 0.3) is 0 Å². The molecule has 1 amide bonds. The SMILES string of the molecule is COc1cc2c(c(OC)c1OC)-c1ccc(OC)c(=O)cc1C(NC(=O)OCC1CCCCC1)CC2. The first-order valence-electron chi connectivity index (χ1n) is 12.5. The Hall–Kier alpha value is -3.42. The molecule has 36 heavy (non-hydrogen) atoms.